The molecule has 0 bridgehead atoms. The summed E-state index contributed by atoms with van der Waals surface area (Å²) in [6, 6.07) is 2.72. The van der Waals surface area contributed by atoms with Crippen LogP contribution in [0.3, 0.4) is 0 Å². The monoisotopic (exact) mass is 216 g/mol. The number of hydrogen-bond acceptors (Lipinski definition) is 2. The first-order valence-electron chi connectivity index (χ1n) is 4.32. The third kappa shape index (κ3) is 2.77. The van der Waals surface area contributed by atoms with Gasteiger partial charge in [0, 0.05) is 11.6 Å². The average molecular weight is 217 g/mol. The molecule has 1 aromatic rings. The Morgan fingerprint density at radius 2 is 1.93 bits per heavy atom. The second-order valence-corrected chi connectivity index (χ2v) is 4.64. The number of nitrogens with one attached hydrogen (secondary N) is 1. The molecule has 2 nitrogen and oxygen atoms in total. The molecule has 0 aliphatic rings. The maximum absolute atomic E-state index is 13.0. The second-order valence-electron chi connectivity index (χ2n) is 4.23. The summed E-state index contributed by atoms with van der Waals surface area (Å²) in [5.41, 5.74) is 6.53. The van der Waals surface area contributed by atoms with Gasteiger partial charge in [-0.2, -0.15) is 0 Å². The topological polar surface area (TPSA) is 38.0 Å². The van der Waals surface area contributed by atoms with Gasteiger partial charge in [-0.3, -0.25) is 0 Å². The van der Waals surface area contributed by atoms with Crippen molar-refractivity contribution in [3.05, 3.63) is 23.0 Å². The lowest BCUT2D eigenvalue weighted by molar-refractivity contribution is 0.623. The zero-order valence-corrected chi connectivity index (χ0v) is 9.24. The Balaban J connectivity index is 3.04. The Morgan fingerprint density at radius 1 is 1.36 bits per heavy atom. The van der Waals surface area contributed by atoms with Gasteiger partial charge in [0.1, 0.15) is 5.82 Å². The van der Waals surface area contributed by atoms with E-state index in [2.05, 4.69) is 5.32 Å². The molecular weight excluding hydrogens is 203 g/mol. The quantitative estimate of drug-likeness (QED) is 0.708. The van der Waals surface area contributed by atoms with Gasteiger partial charge in [-0.05, 0) is 26.8 Å². The Bertz CT molecular complexity index is 345. The second kappa shape index (κ2) is 3.65. The molecule has 1 rings (SSSR count). The van der Waals surface area contributed by atoms with E-state index >= 15 is 0 Å². The van der Waals surface area contributed by atoms with Crippen molar-refractivity contribution in [3.8, 4) is 0 Å². The fourth-order valence-corrected chi connectivity index (χ4v) is 1.24. The molecule has 1 aromatic carbocycles. The predicted molar refractivity (Wildman–Crippen MR) is 59.2 cm³/mol. The molecule has 14 heavy (non-hydrogen) atoms. The van der Waals surface area contributed by atoms with Crippen molar-refractivity contribution in [1.29, 1.82) is 0 Å². The standard InChI is InChI=1S/C10H14ClFN2/c1-10(2,3)14-9-4-6(11)7(12)5-8(9)13/h4-5,14H,13H2,1-3H3. The van der Waals surface area contributed by atoms with Crippen LogP contribution >= 0.6 is 11.6 Å². The van der Waals surface area contributed by atoms with E-state index < -0.39 is 5.82 Å². The highest BCUT2D eigenvalue weighted by atomic mass is 35.5. The summed E-state index contributed by atoms with van der Waals surface area (Å²) in [7, 11) is 0. The summed E-state index contributed by atoms with van der Waals surface area (Å²) >= 11 is 5.64. The Morgan fingerprint density at radius 3 is 2.43 bits per heavy atom. The minimum atomic E-state index is -0.497. The van der Waals surface area contributed by atoms with E-state index in [1.807, 2.05) is 20.8 Å². The Labute approximate surface area is 88.2 Å². The minimum Gasteiger partial charge on any atom is -0.397 e. The third-order valence-electron chi connectivity index (χ3n) is 1.60. The molecule has 0 amide bonds. The molecule has 0 spiro atoms. The first kappa shape index (κ1) is 11.1. The van der Waals surface area contributed by atoms with Gasteiger partial charge in [0.25, 0.3) is 0 Å². The van der Waals surface area contributed by atoms with Crippen LogP contribution in [0.5, 0.6) is 0 Å². The van der Waals surface area contributed by atoms with E-state index in [-0.39, 0.29) is 10.6 Å². The highest BCUT2D eigenvalue weighted by Crippen LogP contribution is 2.28. The summed E-state index contributed by atoms with van der Waals surface area (Å²) in [4.78, 5) is 0. The van der Waals surface area contributed by atoms with Crippen molar-refractivity contribution in [2.75, 3.05) is 11.1 Å². The minimum absolute atomic E-state index is 0.0750. The normalized spacial score (nSPS) is 11.5. The molecule has 0 radical (unpaired) electrons. The molecule has 4 heteroatoms. The van der Waals surface area contributed by atoms with Crippen molar-refractivity contribution in [2.45, 2.75) is 26.3 Å². The maximum atomic E-state index is 13.0. The predicted octanol–water partition coefficient (Wildman–Crippen LogP) is 3.27. The number of nitrogens with two attached hydrogens (primary N) is 1. The summed E-state index contributed by atoms with van der Waals surface area (Å²) in [6.07, 6.45) is 0. The largest absolute Gasteiger partial charge is 0.397 e. The number of halogens is 2. The van der Waals surface area contributed by atoms with E-state index in [0.29, 0.717) is 11.4 Å². The van der Waals surface area contributed by atoms with Crippen LogP contribution in [0.2, 0.25) is 5.02 Å². The van der Waals surface area contributed by atoms with Crippen LogP contribution in [0.4, 0.5) is 15.8 Å². The van der Waals surface area contributed by atoms with Crippen LogP contribution in [0.1, 0.15) is 20.8 Å². The van der Waals surface area contributed by atoms with Crippen LogP contribution in [0.25, 0.3) is 0 Å². The lowest BCUT2D eigenvalue weighted by atomic mass is 10.1. The molecule has 3 N–H and O–H groups in total. The molecule has 0 unspecified atom stereocenters. The van der Waals surface area contributed by atoms with E-state index in [1.54, 1.807) is 0 Å². The molecule has 0 saturated heterocycles. The first-order chi connectivity index (χ1) is 6.29. The van der Waals surface area contributed by atoms with Crippen LogP contribution in [0, 0.1) is 5.82 Å². The van der Waals surface area contributed by atoms with E-state index in [0.717, 1.165) is 0 Å². The Hall–Kier alpha value is -0.960. The number of hydrogen-bond donors (Lipinski definition) is 2. The van der Waals surface area contributed by atoms with E-state index in [1.165, 1.54) is 12.1 Å². The first-order valence-corrected chi connectivity index (χ1v) is 4.70. The van der Waals surface area contributed by atoms with Gasteiger partial charge in [0.05, 0.1) is 16.4 Å². The van der Waals surface area contributed by atoms with Crippen molar-refractivity contribution in [3.63, 3.8) is 0 Å². The molecule has 0 fully saturated rings. The van der Waals surface area contributed by atoms with Crippen LogP contribution in [-0.2, 0) is 0 Å². The molecule has 0 saturated carbocycles. The molecule has 0 atom stereocenters. The highest BCUT2D eigenvalue weighted by Gasteiger charge is 2.13. The number of anilines is 2. The third-order valence-corrected chi connectivity index (χ3v) is 1.89. The van der Waals surface area contributed by atoms with Gasteiger partial charge in [-0.25, -0.2) is 4.39 Å². The SMILES string of the molecule is CC(C)(C)Nc1cc(Cl)c(F)cc1N. The molecule has 78 valence electrons. The van der Waals surface area contributed by atoms with Crippen molar-refractivity contribution < 1.29 is 4.39 Å². The molecule has 0 heterocycles. The summed E-state index contributed by atoms with van der Waals surface area (Å²) < 4.78 is 13.0. The number of rotatable bonds is 1. The average Bonchev–Trinajstić information content (AvgIpc) is 1.97. The van der Waals surface area contributed by atoms with Gasteiger partial charge >= 0.3 is 0 Å². The molecular formula is C10H14ClFN2. The van der Waals surface area contributed by atoms with Crippen LogP contribution in [-0.4, -0.2) is 5.54 Å². The Kier molecular flexibility index (Phi) is 2.90. The smallest absolute Gasteiger partial charge is 0.143 e. The van der Waals surface area contributed by atoms with Gasteiger partial charge in [-0.1, -0.05) is 11.6 Å². The fraction of sp³-hybridized carbons (Fsp3) is 0.400. The maximum Gasteiger partial charge on any atom is 0.143 e. The zero-order valence-electron chi connectivity index (χ0n) is 8.49. The van der Waals surface area contributed by atoms with E-state index in [9.17, 15) is 4.39 Å². The summed E-state index contributed by atoms with van der Waals surface area (Å²) in [5.74, 6) is -0.497. The van der Waals surface area contributed by atoms with E-state index in [4.69, 9.17) is 17.3 Å². The lowest BCUT2D eigenvalue weighted by Gasteiger charge is -2.23. The highest BCUT2D eigenvalue weighted by molar-refractivity contribution is 6.31. The zero-order chi connectivity index (χ0) is 10.9. The van der Waals surface area contributed by atoms with Crippen molar-refractivity contribution in [1.82, 2.24) is 0 Å². The van der Waals surface area contributed by atoms with Gasteiger partial charge in [0.15, 0.2) is 0 Å². The van der Waals surface area contributed by atoms with Crippen LogP contribution < -0.4 is 11.1 Å². The van der Waals surface area contributed by atoms with Gasteiger partial charge in [0.2, 0.25) is 0 Å². The molecule has 0 aliphatic carbocycles. The number of nitrogen functional groups attached to an aromatic ring is 1. The molecule has 0 aromatic heterocycles. The molecule has 0 aliphatic heterocycles. The summed E-state index contributed by atoms with van der Waals surface area (Å²) in [6.45, 7) is 5.97. The fourth-order valence-electron chi connectivity index (χ4n) is 1.07. The van der Waals surface area contributed by atoms with Crippen molar-refractivity contribution in [2.24, 2.45) is 0 Å². The van der Waals surface area contributed by atoms with Gasteiger partial charge in [-0.15, -0.1) is 0 Å². The van der Waals surface area contributed by atoms with Gasteiger partial charge < -0.3 is 11.1 Å². The number of benzene rings is 1. The lowest BCUT2D eigenvalue weighted by Crippen LogP contribution is -2.26. The van der Waals surface area contributed by atoms with Crippen LogP contribution in [0.15, 0.2) is 12.1 Å². The summed E-state index contributed by atoms with van der Waals surface area (Å²) in [5, 5.41) is 3.22. The van der Waals surface area contributed by atoms with Crippen molar-refractivity contribution >= 4 is 23.0 Å².